The number of hydrogen-bond acceptors (Lipinski definition) is 7. The second-order valence-electron chi connectivity index (χ2n) is 10.1. The minimum Gasteiger partial charge on any atom is -0.444 e. The van der Waals surface area contributed by atoms with Crippen LogP contribution in [0.25, 0.3) is 22.0 Å². The van der Waals surface area contributed by atoms with Crippen LogP contribution in [-0.4, -0.2) is 50.7 Å². The summed E-state index contributed by atoms with van der Waals surface area (Å²) in [5.74, 6) is 6.20. The highest BCUT2D eigenvalue weighted by Crippen LogP contribution is 2.24. The van der Waals surface area contributed by atoms with Crippen LogP contribution in [0, 0.1) is 18.8 Å². The molecule has 0 spiro atoms. The van der Waals surface area contributed by atoms with Gasteiger partial charge in [0.25, 0.3) is 0 Å². The molecule has 0 saturated heterocycles. The van der Waals surface area contributed by atoms with E-state index in [-0.39, 0.29) is 0 Å². The zero-order valence-electron chi connectivity index (χ0n) is 23.1. The van der Waals surface area contributed by atoms with Crippen molar-refractivity contribution < 1.29 is 23.7 Å². The van der Waals surface area contributed by atoms with E-state index in [2.05, 4.69) is 32.3 Å². The highest BCUT2D eigenvalue weighted by Gasteiger charge is 2.28. The lowest BCUT2D eigenvalue weighted by Crippen LogP contribution is -2.45. The van der Waals surface area contributed by atoms with E-state index in [1.165, 1.54) is 16.7 Å². The molecule has 3 aromatic heterocycles. The number of anilines is 1. The Balaban J connectivity index is 1.66. The van der Waals surface area contributed by atoms with E-state index >= 15 is 0 Å². The van der Waals surface area contributed by atoms with Gasteiger partial charge in [0.2, 0.25) is 17.3 Å². The lowest BCUT2D eigenvalue weighted by atomic mass is 10.1. The molecule has 1 aromatic carbocycles. The third kappa shape index (κ3) is 6.38. The van der Waals surface area contributed by atoms with Gasteiger partial charge in [0.15, 0.2) is 5.16 Å². The van der Waals surface area contributed by atoms with Crippen LogP contribution in [-0.2, 0) is 16.6 Å². The molecule has 4 aromatic rings. The van der Waals surface area contributed by atoms with Crippen LogP contribution in [0.3, 0.4) is 0 Å². The van der Waals surface area contributed by atoms with Gasteiger partial charge in [-0.25, -0.2) is 9.78 Å². The van der Waals surface area contributed by atoms with Gasteiger partial charge in [-0.2, -0.15) is 0 Å². The van der Waals surface area contributed by atoms with E-state index in [1.807, 2.05) is 31.2 Å². The molecule has 3 heterocycles. The van der Waals surface area contributed by atoms with Crippen LogP contribution in [0.2, 0.25) is 0 Å². The first kappa shape index (κ1) is 27.3. The van der Waals surface area contributed by atoms with Crippen molar-refractivity contribution in [3.8, 4) is 23.1 Å². The Morgan fingerprint density at radius 2 is 1.90 bits per heavy atom. The van der Waals surface area contributed by atoms with Crippen molar-refractivity contribution in [1.29, 1.82) is 0 Å². The maximum absolute atomic E-state index is 13.0. The van der Waals surface area contributed by atoms with Crippen LogP contribution >= 0.6 is 0 Å². The van der Waals surface area contributed by atoms with Crippen molar-refractivity contribution in [2.75, 3.05) is 12.4 Å². The Labute approximate surface area is 227 Å². The fourth-order valence-corrected chi connectivity index (χ4v) is 3.81. The van der Waals surface area contributed by atoms with Crippen molar-refractivity contribution in [3.05, 3.63) is 65.7 Å². The smallest absolute Gasteiger partial charge is 0.410 e. The van der Waals surface area contributed by atoms with Gasteiger partial charge in [-0.15, -0.1) is 0 Å². The molecule has 2 amide bonds. The van der Waals surface area contributed by atoms with Gasteiger partial charge in [-0.3, -0.25) is 14.7 Å². The number of aromatic nitrogens is 4. The first-order valence-corrected chi connectivity index (χ1v) is 12.4. The highest BCUT2D eigenvalue weighted by atomic mass is 16.6. The lowest BCUT2D eigenvalue weighted by molar-refractivity contribution is -0.845. The van der Waals surface area contributed by atoms with Crippen molar-refractivity contribution in [3.63, 3.8) is 0 Å². The molecule has 0 saturated carbocycles. The molecular formula is C29H31N6O4+. The van der Waals surface area contributed by atoms with Gasteiger partial charge in [0.05, 0.1) is 5.56 Å². The van der Waals surface area contributed by atoms with E-state index in [1.54, 1.807) is 59.3 Å². The molecule has 39 heavy (non-hydrogen) atoms. The molecule has 1 atom stereocenters. The SMILES string of the molecule is Cc1no[n+](C)c1-c1ccc(NC(=O)C(C)N(C)C(=O)OC(C)(C)C)nc1C#Cc1ccc2cnccc2c1. The monoisotopic (exact) mass is 527 g/mol. The maximum Gasteiger partial charge on any atom is 0.410 e. The van der Waals surface area contributed by atoms with E-state index < -0.39 is 23.6 Å². The fraction of sp³-hybridized carbons (Fsp3) is 0.310. The number of pyridine rings is 2. The predicted octanol–water partition coefficient (Wildman–Crippen LogP) is 4.01. The van der Waals surface area contributed by atoms with Gasteiger partial charge in [0.1, 0.15) is 30.2 Å². The van der Waals surface area contributed by atoms with Crippen molar-refractivity contribution in [1.82, 2.24) is 20.0 Å². The second kappa shape index (κ2) is 10.9. The summed E-state index contributed by atoms with van der Waals surface area (Å²) in [6, 6.07) is 10.5. The molecule has 0 aliphatic heterocycles. The molecule has 200 valence electrons. The summed E-state index contributed by atoms with van der Waals surface area (Å²) in [5.41, 5.74) is 2.64. The topological polar surface area (TPSA) is 114 Å². The zero-order chi connectivity index (χ0) is 28.3. The molecule has 10 heteroatoms. The van der Waals surface area contributed by atoms with Gasteiger partial charge in [-0.1, -0.05) is 21.4 Å². The Hall–Kier alpha value is -4.78. The van der Waals surface area contributed by atoms with E-state index in [0.717, 1.165) is 16.3 Å². The van der Waals surface area contributed by atoms with Crippen LogP contribution in [0.4, 0.5) is 10.6 Å². The van der Waals surface area contributed by atoms with Gasteiger partial charge in [-0.05, 0) is 69.3 Å². The van der Waals surface area contributed by atoms with Crippen LogP contribution < -0.4 is 10.1 Å². The average molecular weight is 528 g/mol. The Morgan fingerprint density at radius 3 is 2.59 bits per heavy atom. The number of carbonyl (C=O) groups excluding carboxylic acids is 2. The molecule has 0 aliphatic carbocycles. The first-order chi connectivity index (χ1) is 18.4. The Bertz CT molecular complexity index is 1590. The van der Waals surface area contributed by atoms with Gasteiger partial charge < -0.3 is 10.1 Å². The van der Waals surface area contributed by atoms with E-state index in [0.29, 0.717) is 28.5 Å². The second-order valence-corrected chi connectivity index (χ2v) is 10.1. The van der Waals surface area contributed by atoms with Gasteiger partial charge >= 0.3 is 6.09 Å². The van der Waals surface area contributed by atoms with Crippen LogP contribution in [0.5, 0.6) is 0 Å². The number of aryl methyl sites for hydroxylation is 2. The van der Waals surface area contributed by atoms with Crippen molar-refractivity contribution >= 4 is 28.6 Å². The van der Waals surface area contributed by atoms with Crippen LogP contribution in [0.1, 0.15) is 44.6 Å². The molecular weight excluding hydrogens is 496 g/mol. The number of carbonyl (C=O) groups is 2. The number of nitrogens with zero attached hydrogens (tertiary/aromatic N) is 5. The third-order valence-corrected chi connectivity index (χ3v) is 5.97. The number of amides is 2. The molecule has 1 unspecified atom stereocenters. The molecule has 1 N–H and O–H groups in total. The molecule has 0 fully saturated rings. The fourth-order valence-electron chi connectivity index (χ4n) is 3.81. The summed E-state index contributed by atoms with van der Waals surface area (Å²) in [4.78, 5) is 35.4. The summed E-state index contributed by atoms with van der Waals surface area (Å²) in [7, 11) is 3.26. The van der Waals surface area contributed by atoms with E-state index in [9.17, 15) is 9.59 Å². The summed E-state index contributed by atoms with van der Waals surface area (Å²) in [6.45, 7) is 8.75. The highest BCUT2D eigenvalue weighted by molar-refractivity contribution is 5.95. The maximum atomic E-state index is 13.0. The van der Waals surface area contributed by atoms with E-state index in [4.69, 9.17) is 9.37 Å². The Morgan fingerprint density at radius 1 is 1.13 bits per heavy atom. The quantitative estimate of drug-likeness (QED) is 0.315. The average Bonchev–Trinajstić information content (AvgIpc) is 3.22. The molecule has 0 aliphatic rings. The number of hydrogen-bond donors (Lipinski definition) is 1. The zero-order valence-corrected chi connectivity index (χ0v) is 23.1. The lowest BCUT2D eigenvalue weighted by Gasteiger charge is -2.28. The molecule has 0 radical (unpaired) electrons. The molecule has 4 rings (SSSR count). The number of ether oxygens (including phenoxy) is 1. The summed E-state index contributed by atoms with van der Waals surface area (Å²) >= 11 is 0. The number of likely N-dealkylation sites (N-methyl/N-ethyl adjacent to an activating group) is 1. The first-order valence-electron chi connectivity index (χ1n) is 12.4. The summed E-state index contributed by atoms with van der Waals surface area (Å²) in [6.07, 6.45) is 2.94. The third-order valence-electron chi connectivity index (χ3n) is 5.97. The number of benzene rings is 1. The number of nitrogens with one attached hydrogen (secondary N) is 1. The summed E-state index contributed by atoms with van der Waals surface area (Å²) < 4.78 is 12.2. The van der Waals surface area contributed by atoms with Gasteiger partial charge in [0, 0.05) is 37.3 Å². The Kier molecular flexibility index (Phi) is 7.63. The molecule has 0 bridgehead atoms. The summed E-state index contributed by atoms with van der Waals surface area (Å²) in [5, 5.41) is 8.85. The largest absolute Gasteiger partial charge is 0.444 e. The number of rotatable bonds is 4. The minimum absolute atomic E-state index is 0.291. The number of fused-ring (bicyclic) bond motifs is 1. The predicted molar refractivity (Wildman–Crippen MR) is 145 cm³/mol. The minimum atomic E-state index is -0.805. The normalized spacial score (nSPS) is 11.9. The standard InChI is InChI=1S/C29H30N6O4/c1-18-26(35(7)39-33-18)23-11-13-25(32-27(36)19(2)34(6)28(37)38-29(3,4)5)31-24(23)12-9-20-8-10-22-17-30-15-14-21(22)16-20/h8,10-11,13-17,19H,1-7H3/p+1. The van der Waals surface area contributed by atoms with Crippen molar-refractivity contribution in [2.24, 2.45) is 7.05 Å². The van der Waals surface area contributed by atoms with Crippen molar-refractivity contribution in [2.45, 2.75) is 46.3 Å². The van der Waals surface area contributed by atoms with Crippen LogP contribution in [0.15, 0.2) is 53.4 Å². The molecule has 10 nitrogen and oxygen atoms in total.